The number of carbonyl (C=O) groups excluding carboxylic acids is 2. The van der Waals surface area contributed by atoms with Crippen LogP contribution in [-0.4, -0.2) is 12.6 Å². The van der Waals surface area contributed by atoms with Gasteiger partial charge in [0.1, 0.15) is 12.6 Å². The molecule has 3 aliphatic rings. The monoisotopic (exact) mass is 232 g/mol. The Balaban J connectivity index is 2.07. The zero-order chi connectivity index (χ0) is 12.5. The highest BCUT2D eigenvalue weighted by atomic mass is 16.1. The Labute approximate surface area is 102 Å². The van der Waals surface area contributed by atoms with E-state index in [0.717, 1.165) is 31.0 Å². The van der Waals surface area contributed by atoms with Gasteiger partial charge in [-0.05, 0) is 41.9 Å². The zero-order valence-electron chi connectivity index (χ0n) is 10.8. The first-order valence-electron chi connectivity index (χ1n) is 6.52. The molecule has 0 saturated heterocycles. The van der Waals surface area contributed by atoms with Gasteiger partial charge in [-0.1, -0.05) is 26.8 Å². The second-order valence-electron chi connectivity index (χ2n) is 7.27. The molecule has 0 aromatic rings. The highest BCUT2D eigenvalue weighted by Gasteiger charge is 2.73. The van der Waals surface area contributed by atoms with Gasteiger partial charge in [0.2, 0.25) is 0 Å². The highest BCUT2D eigenvalue weighted by molar-refractivity contribution is 5.89. The second-order valence-corrected chi connectivity index (χ2v) is 7.27. The average molecular weight is 232 g/mol. The molecule has 3 aliphatic carbocycles. The highest BCUT2D eigenvalue weighted by Crippen LogP contribution is 2.76. The van der Waals surface area contributed by atoms with Crippen LogP contribution in [0.25, 0.3) is 0 Å². The summed E-state index contributed by atoms with van der Waals surface area (Å²) in [5.74, 6) is 1.09. The molecule has 0 aromatic heterocycles. The Morgan fingerprint density at radius 1 is 1.24 bits per heavy atom. The van der Waals surface area contributed by atoms with E-state index in [4.69, 9.17) is 0 Å². The fraction of sp³-hybridized carbons (Fsp3) is 0.733. The Morgan fingerprint density at radius 3 is 2.53 bits per heavy atom. The molecule has 0 unspecified atom stereocenters. The molecule has 0 radical (unpaired) electrons. The molecule has 92 valence electrons. The number of hydrogen-bond donors (Lipinski definition) is 0. The molecule has 2 nitrogen and oxygen atoms in total. The summed E-state index contributed by atoms with van der Waals surface area (Å²) in [6.07, 6.45) is 7.28. The third-order valence-corrected chi connectivity index (χ3v) is 5.67. The van der Waals surface area contributed by atoms with Crippen molar-refractivity contribution < 1.29 is 9.59 Å². The van der Waals surface area contributed by atoms with Crippen molar-refractivity contribution in [1.82, 2.24) is 0 Å². The van der Waals surface area contributed by atoms with Crippen LogP contribution in [0, 0.1) is 28.1 Å². The molecule has 0 aliphatic heterocycles. The van der Waals surface area contributed by atoms with Gasteiger partial charge in [0.05, 0.1) is 5.41 Å². The molecule has 0 aromatic carbocycles. The van der Waals surface area contributed by atoms with Gasteiger partial charge in [-0.15, -0.1) is 0 Å². The summed E-state index contributed by atoms with van der Waals surface area (Å²) in [5.41, 5.74) is 0.729. The van der Waals surface area contributed by atoms with Crippen LogP contribution in [0.15, 0.2) is 11.6 Å². The van der Waals surface area contributed by atoms with E-state index in [-0.39, 0.29) is 5.41 Å². The second kappa shape index (κ2) is 2.90. The van der Waals surface area contributed by atoms with E-state index in [0.29, 0.717) is 17.3 Å². The van der Waals surface area contributed by atoms with E-state index in [9.17, 15) is 9.59 Å². The van der Waals surface area contributed by atoms with Crippen molar-refractivity contribution in [3.05, 3.63) is 11.6 Å². The van der Waals surface area contributed by atoms with Crippen molar-refractivity contribution in [3.8, 4) is 0 Å². The molecule has 0 amide bonds. The topological polar surface area (TPSA) is 34.1 Å². The summed E-state index contributed by atoms with van der Waals surface area (Å²) < 4.78 is 0. The average Bonchev–Trinajstić information content (AvgIpc) is 2.77. The van der Waals surface area contributed by atoms with Gasteiger partial charge in [0.15, 0.2) is 0 Å². The van der Waals surface area contributed by atoms with Crippen LogP contribution in [0.3, 0.4) is 0 Å². The lowest BCUT2D eigenvalue weighted by Gasteiger charge is -2.33. The largest absolute Gasteiger partial charge is 0.302 e. The van der Waals surface area contributed by atoms with E-state index in [2.05, 4.69) is 26.8 Å². The smallest absolute Gasteiger partial charge is 0.146 e. The third kappa shape index (κ3) is 1.16. The predicted octanol–water partition coefficient (Wildman–Crippen LogP) is 2.77. The van der Waals surface area contributed by atoms with Crippen molar-refractivity contribution in [1.29, 1.82) is 0 Å². The Hall–Kier alpha value is -0.920. The molecule has 0 N–H and O–H groups in total. The number of hydrogen-bond acceptors (Lipinski definition) is 2. The quantitative estimate of drug-likeness (QED) is 0.686. The minimum atomic E-state index is -0.434. The van der Waals surface area contributed by atoms with Gasteiger partial charge in [0.25, 0.3) is 0 Å². The number of allylic oxidation sites excluding steroid dienone is 2. The first kappa shape index (κ1) is 11.2. The lowest BCUT2D eigenvalue weighted by Crippen LogP contribution is -2.31. The SMILES string of the molecule is CC1(C)C[C@@H]2[C@@H](C=C(C=O)[C@]3(C=O)C[C@]23C)C1. The minimum absolute atomic E-state index is 0.0537. The molecular weight excluding hydrogens is 212 g/mol. The summed E-state index contributed by atoms with van der Waals surface area (Å²) in [6, 6.07) is 0. The lowest BCUT2D eigenvalue weighted by atomic mass is 9.70. The van der Waals surface area contributed by atoms with Crippen molar-refractivity contribution in [2.45, 2.75) is 40.0 Å². The summed E-state index contributed by atoms with van der Waals surface area (Å²) in [6.45, 7) is 6.80. The first-order chi connectivity index (χ1) is 7.88. The molecular formula is C15H20O2. The van der Waals surface area contributed by atoms with Crippen LogP contribution in [0.5, 0.6) is 0 Å². The summed E-state index contributed by atoms with van der Waals surface area (Å²) >= 11 is 0. The fourth-order valence-electron chi connectivity index (χ4n) is 4.68. The number of carbonyl (C=O) groups is 2. The van der Waals surface area contributed by atoms with Crippen LogP contribution < -0.4 is 0 Å². The van der Waals surface area contributed by atoms with Gasteiger partial charge in [-0.2, -0.15) is 0 Å². The van der Waals surface area contributed by atoms with Crippen LogP contribution in [0.1, 0.15) is 40.0 Å². The van der Waals surface area contributed by atoms with Gasteiger partial charge in [-0.3, -0.25) is 4.79 Å². The first-order valence-corrected chi connectivity index (χ1v) is 6.52. The summed E-state index contributed by atoms with van der Waals surface area (Å²) in [4.78, 5) is 22.7. The molecule has 2 heteroatoms. The normalized spacial score (nSPS) is 49.9. The van der Waals surface area contributed by atoms with Crippen molar-refractivity contribution in [3.63, 3.8) is 0 Å². The van der Waals surface area contributed by atoms with Gasteiger partial charge in [-0.25, -0.2) is 0 Å². The predicted molar refractivity (Wildman–Crippen MR) is 65.4 cm³/mol. The molecule has 4 atom stereocenters. The standard InChI is InChI=1S/C15H20O2/c1-13(2)5-10-4-11(7-16)15(9-17)8-14(15,3)12(10)6-13/h4,7,9-10,12H,5-6,8H2,1-3H3/t10-,12+,14+,15+/m0/s1. The van der Waals surface area contributed by atoms with Gasteiger partial charge < -0.3 is 4.79 Å². The van der Waals surface area contributed by atoms with Gasteiger partial charge >= 0.3 is 0 Å². The van der Waals surface area contributed by atoms with Crippen molar-refractivity contribution >= 4 is 12.6 Å². The molecule has 0 bridgehead atoms. The Kier molecular flexibility index (Phi) is 1.91. The van der Waals surface area contributed by atoms with Crippen LogP contribution in [0.2, 0.25) is 0 Å². The molecule has 0 heterocycles. The van der Waals surface area contributed by atoms with Crippen LogP contribution >= 0.6 is 0 Å². The maximum Gasteiger partial charge on any atom is 0.146 e. The number of rotatable bonds is 2. The van der Waals surface area contributed by atoms with E-state index in [1.807, 2.05) is 0 Å². The summed E-state index contributed by atoms with van der Waals surface area (Å²) in [5, 5.41) is 0. The number of fused-ring (bicyclic) bond motifs is 3. The lowest BCUT2D eigenvalue weighted by molar-refractivity contribution is -0.115. The van der Waals surface area contributed by atoms with E-state index in [1.165, 1.54) is 6.42 Å². The molecule has 17 heavy (non-hydrogen) atoms. The Morgan fingerprint density at radius 2 is 1.94 bits per heavy atom. The van der Waals surface area contributed by atoms with Crippen LogP contribution in [0.4, 0.5) is 0 Å². The van der Waals surface area contributed by atoms with Gasteiger partial charge in [0, 0.05) is 5.57 Å². The maximum atomic E-state index is 11.4. The van der Waals surface area contributed by atoms with E-state index < -0.39 is 5.41 Å². The number of aldehydes is 2. The molecule has 2 saturated carbocycles. The zero-order valence-corrected chi connectivity index (χ0v) is 10.8. The summed E-state index contributed by atoms with van der Waals surface area (Å²) in [7, 11) is 0. The molecule has 3 rings (SSSR count). The third-order valence-electron chi connectivity index (χ3n) is 5.67. The fourth-order valence-corrected chi connectivity index (χ4v) is 4.68. The molecule has 2 fully saturated rings. The van der Waals surface area contributed by atoms with Crippen molar-refractivity contribution in [2.24, 2.45) is 28.1 Å². The van der Waals surface area contributed by atoms with Crippen LogP contribution in [-0.2, 0) is 9.59 Å². The van der Waals surface area contributed by atoms with E-state index >= 15 is 0 Å². The Bertz CT molecular complexity index is 434. The van der Waals surface area contributed by atoms with E-state index in [1.54, 1.807) is 0 Å². The molecule has 0 spiro atoms. The maximum absolute atomic E-state index is 11.4. The van der Waals surface area contributed by atoms with Crippen molar-refractivity contribution in [2.75, 3.05) is 0 Å². The minimum Gasteiger partial charge on any atom is -0.302 e.